The van der Waals surface area contributed by atoms with E-state index in [9.17, 15) is 4.79 Å². The summed E-state index contributed by atoms with van der Waals surface area (Å²) in [5, 5.41) is 0.561. The van der Waals surface area contributed by atoms with Crippen molar-refractivity contribution in [2.45, 2.75) is 26.4 Å². The molecule has 1 aromatic heterocycles. The lowest BCUT2D eigenvalue weighted by molar-refractivity contribution is 0.0544. The maximum Gasteiger partial charge on any atom is 0.421 e. The summed E-state index contributed by atoms with van der Waals surface area (Å²) in [5.74, 6) is 0. The highest BCUT2D eigenvalue weighted by Gasteiger charge is 2.22. The van der Waals surface area contributed by atoms with E-state index in [1.54, 1.807) is 39.0 Å². The lowest BCUT2D eigenvalue weighted by Crippen LogP contribution is -2.27. The van der Waals surface area contributed by atoms with Crippen LogP contribution in [0.2, 0.25) is 10.3 Å². The summed E-state index contributed by atoms with van der Waals surface area (Å²) in [5.41, 5.74) is 0.521. The largest absolute Gasteiger partial charge is 0.443 e. The van der Waals surface area contributed by atoms with Crippen LogP contribution in [0, 0.1) is 0 Å². The zero-order valence-electron chi connectivity index (χ0n) is 10.2. The Kier molecular flexibility index (Phi) is 3.25. The summed E-state index contributed by atoms with van der Waals surface area (Å²) in [6, 6.07) is 5.01. The predicted octanol–water partition coefficient (Wildman–Crippen LogP) is 4.13. The third kappa shape index (κ3) is 2.60. The van der Waals surface area contributed by atoms with E-state index in [4.69, 9.17) is 27.9 Å². The fourth-order valence-corrected chi connectivity index (χ4v) is 1.92. The van der Waals surface area contributed by atoms with Gasteiger partial charge in [0.15, 0.2) is 0 Å². The molecule has 1 heterocycles. The molecule has 0 saturated carbocycles. The van der Waals surface area contributed by atoms with Gasteiger partial charge < -0.3 is 4.74 Å². The van der Waals surface area contributed by atoms with E-state index >= 15 is 0 Å². The van der Waals surface area contributed by atoms with E-state index in [1.807, 2.05) is 0 Å². The van der Waals surface area contributed by atoms with Gasteiger partial charge in [-0.3, -0.25) is 0 Å². The van der Waals surface area contributed by atoms with Gasteiger partial charge in [-0.05, 0) is 50.6 Å². The summed E-state index contributed by atoms with van der Waals surface area (Å²) in [6.45, 7) is 5.35. The topological polar surface area (TPSA) is 44.1 Å². The van der Waals surface area contributed by atoms with E-state index in [2.05, 4.69) is 4.98 Å². The number of benzene rings is 1. The molecule has 0 fully saturated rings. The van der Waals surface area contributed by atoms with Gasteiger partial charge in [0.25, 0.3) is 0 Å². The van der Waals surface area contributed by atoms with Gasteiger partial charge in [-0.25, -0.2) is 14.3 Å². The minimum Gasteiger partial charge on any atom is -0.443 e. The fourth-order valence-electron chi connectivity index (χ4n) is 1.50. The highest BCUT2D eigenvalue weighted by molar-refractivity contribution is 6.32. The second-order valence-corrected chi connectivity index (χ2v) is 5.60. The van der Waals surface area contributed by atoms with Crippen LogP contribution < -0.4 is 0 Å². The number of aromatic nitrogens is 2. The quantitative estimate of drug-likeness (QED) is 0.731. The number of nitrogens with zero attached hydrogens (tertiary/aromatic N) is 2. The number of imidazole rings is 1. The zero-order valence-corrected chi connectivity index (χ0v) is 11.7. The molecule has 0 aliphatic carbocycles. The maximum atomic E-state index is 12.0. The second-order valence-electron chi connectivity index (χ2n) is 4.83. The molecule has 0 saturated heterocycles. The molecule has 96 valence electrons. The summed E-state index contributed by atoms with van der Waals surface area (Å²) in [4.78, 5) is 16.1. The molecule has 0 amide bonds. The molecule has 0 aliphatic heterocycles. The average molecular weight is 287 g/mol. The van der Waals surface area contributed by atoms with Crippen molar-refractivity contribution in [1.82, 2.24) is 9.55 Å². The van der Waals surface area contributed by atoms with Crippen molar-refractivity contribution in [2.24, 2.45) is 0 Å². The van der Waals surface area contributed by atoms with Crippen LogP contribution in [0.1, 0.15) is 20.8 Å². The normalized spacial score (nSPS) is 11.8. The van der Waals surface area contributed by atoms with Crippen molar-refractivity contribution in [3.63, 3.8) is 0 Å². The molecule has 2 aromatic rings. The van der Waals surface area contributed by atoms with Gasteiger partial charge in [0.1, 0.15) is 5.60 Å². The first kappa shape index (κ1) is 13.2. The van der Waals surface area contributed by atoms with Crippen LogP contribution in [0.3, 0.4) is 0 Å². The SMILES string of the molecule is CC(C)(C)OC(=O)n1c(Cl)nc2ccc(Cl)cc21. The molecule has 1 aromatic carbocycles. The molecule has 0 atom stereocenters. The Morgan fingerprint density at radius 1 is 1.33 bits per heavy atom. The Balaban J connectivity index is 2.53. The van der Waals surface area contributed by atoms with E-state index in [0.717, 1.165) is 0 Å². The molecule has 4 nitrogen and oxygen atoms in total. The lowest BCUT2D eigenvalue weighted by Gasteiger charge is -2.19. The van der Waals surface area contributed by atoms with Gasteiger partial charge in [0.05, 0.1) is 11.0 Å². The maximum absolute atomic E-state index is 12.0. The summed E-state index contributed by atoms with van der Waals surface area (Å²) < 4.78 is 6.47. The van der Waals surface area contributed by atoms with Crippen LogP contribution in [0.4, 0.5) is 4.79 Å². The van der Waals surface area contributed by atoms with Crippen molar-refractivity contribution in [3.05, 3.63) is 28.5 Å². The number of halogens is 2. The predicted molar refractivity (Wildman–Crippen MR) is 71.4 cm³/mol. The number of fused-ring (bicyclic) bond motifs is 1. The first-order chi connectivity index (χ1) is 8.28. The van der Waals surface area contributed by atoms with E-state index in [0.29, 0.717) is 16.1 Å². The molecule has 6 heteroatoms. The minimum atomic E-state index is -0.602. The molecule has 0 bridgehead atoms. The fraction of sp³-hybridized carbons (Fsp3) is 0.333. The average Bonchev–Trinajstić information content (AvgIpc) is 2.50. The van der Waals surface area contributed by atoms with Crippen LogP contribution in [-0.2, 0) is 4.74 Å². The molecule has 0 aliphatic rings. The molecule has 18 heavy (non-hydrogen) atoms. The summed E-state index contributed by atoms with van der Waals surface area (Å²) in [7, 11) is 0. The molecule has 0 radical (unpaired) electrons. The molecular formula is C12H12Cl2N2O2. The lowest BCUT2D eigenvalue weighted by atomic mass is 10.2. The molecule has 0 spiro atoms. The molecule has 2 rings (SSSR count). The van der Waals surface area contributed by atoms with Gasteiger partial charge >= 0.3 is 6.09 Å². The van der Waals surface area contributed by atoms with Gasteiger partial charge in [-0.1, -0.05) is 11.6 Å². The van der Waals surface area contributed by atoms with Gasteiger partial charge in [0, 0.05) is 5.02 Å². The van der Waals surface area contributed by atoms with Crippen molar-refractivity contribution in [3.8, 4) is 0 Å². The summed E-state index contributed by atoms with van der Waals surface area (Å²) >= 11 is 11.9. The standard InChI is InChI=1S/C12H12Cl2N2O2/c1-12(2,3)18-11(17)16-9-6-7(13)4-5-8(9)15-10(16)14/h4-6H,1-3H3. The van der Waals surface area contributed by atoms with Crippen molar-refractivity contribution < 1.29 is 9.53 Å². The van der Waals surface area contributed by atoms with E-state index < -0.39 is 11.7 Å². The van der Waals surface area contributed by atoms with Crippen LogP contribution in [-0.4, -0.2) is 21.2 Å². The number of rotatable bonds is 0. The Bertz CT molecular complexity index is 614. The zero-order chi connectivity index (χ0) is 13.5. The van der Waals surface area contributed by atoms with Crippen LogP contribution >= 0.6 is 23.2 Å². The Morgan fingerprint density at radius 2 is 2.00 bits per heavy atom. The van der Waals surface area contributed by atoms with Crippen molar-refractivity contribution in [2.75, 3.05) is 0 Å². The minimum absolute atomic E-state index is 0.0570. The van der Waals surface area contributed by atoms with Crippen molar-refractivity contribution in [1.29, 1.82) is 0 Å². The van der Waals surface area contributed by atoms with Crippen molar-refractivity contribution >= 4 is 40.3 Å². The highest BCUT2D eigenvalue weighted by Crippen LogP contribution is 2.24. The highest BCUT2D eigenvalue weighted by atomic mass is 35.5. The van der Waals surface area contributed by atoms with Crippen LogP contribution in [0.15, 0.2) is 18.2 Å². The number of hydrogen-bond donors (Lipinski definition) is 0. The number of carbonyl (C=O) groups is 1. The Hall–Kier alpha value is -1.26. The molecule has 0 N–H and O–H groups in total. The number of hydrogen-bond acceptors (Lipinski definition) is 3. The van der Waals surface area contributed by atoms with Gasteiger partial charge in [-0.15, -0.1) is 0 Å². The number of carbonyl (C=O) groups excluding carboxylic acids is 1. The van der Waals surface area contributed by atoms with E-state index in [-0.39, 0.29) is 5.28 Å². The van der Waals surface area contributed by atoms with Crippen LogP contribution in [0.5, 0.6) is 0 Å². The van der Waals surface area contributed by atoms with Gasteiger partial charge in [-0.2, -0.15) is 0 Å². The third-order valence-corrected chi connectivity index (χ3v) is 2.64. The smallest absolute Gasteiger partial charge is 0.421 e. The second kappa shape index (κ2) is 4.44. The first-order valence-corrected chi connectivity index (χ1v) is 6.10. The molecular weight excluding hydrogens is 275 g/mol. The Morgan fingerprint density at radius 3 is 2.61 bits per heavy atom. The first-order valence-electron chi connectivity index (χ1n) is 5.35. The Labute approximate surface area is 114 Å². The molecule has 0 unspecified atom stereocenters. The third-order valence-electron chi connectivity index (χ3n) is 2.15. The monoisotopic (exact) mass is 286 g/mol. The van der Waals surface area contributed by atoms with Gasteiger partial charge in [0.2, 0.25) is 5.28 Å². The summed E-state index contributed by atoms with van der Waals surface area (Å²) in [6.07, 6.45) is -0.572. The van der Waals surface area contributed by atoms with E-state index in [1.165, 1.54) is 4.57 Å². The number of ether oxygens (including phenoxy) is 1. The van der Waals surface area contributed by atoms with Crippen LogP contribution in [0.25, 0.3) is 11.0 Å².